The summed E-state index contributed by atoms with van der Waals surface area (Å²) in [6.45, 7) is 8.04. The first-order valence-corrected chi connectivity index (χ1v) is 8.35. The van der Waals surface area contributed by atoms with Gasteiger partial charge < -0.3 is 5.73 Å². The zero-order chi connectivity index (χ0) is 14.8. The second-order valence-electron chi connectivity index (χ2n) is 6.41. The van der Waals surface area contributed by atoms with E-state index in [2.05, 4.69) is 23.6 Å². The summed E-state index contributed by atoms with van der Waals surface area (Å²) in [6, 6.07) is 0. The molecule has 0 spiro atoms. The SMILES string of the molecule is CCC1CCCC(CN)(Cc2c(Cl)c(C)nn2CC)C1. The fourth-order valence-electron chi connectivity index (χ4n) is 3.74. The lowest BCUT2D eigenvalue weighted by atomic mass is 9.66. The maximum Gasteiger partial charge on any atom is 0.0847 e. The lowest BCUT2D eigenvalue weighted by Crippen LogP contribution is -2.38. The molecule has 2 N–H and O–H groups in total. The number of nitrogens with zero attached hydrogens (tertiary/aromatic N) is 2. The summed E-state index contributed by atoms with van der Waals surface area (Å²) >= 11 is 6.48. The number of hydrogen-bond donors (Lipinski definition) is 1. The van der Waals surface area contributed by atoms with Crippen LogP contribution in [-0.2, 0) is 13.0 Å². The highest BCUT2D eigenvalue weighted by atomic mass is 35.5. The molecule has 0 saturated heterocycles. The first-order chi connectivity index (χ1) is 9.55. The first-order valence-electron chi connectivity index (χ1n) is 7.97. The molecule has 4 heteroatoms. The largest absolute Gasteiger partial charge is 0.330 e. The van der Waals surface area contributed by atoms with Gasteiger partial charge in [-0.3, -0.25) is 4.68 Å². The van der Waals surface area contributed by atoms with E-state index in [4.69, 9.17) is 17.3 Å². The third-order valence-corrected chi connectivity index (χ3v) is 5.54. The van der Waals surface area contributed by atoms with Crippen LogP contribution in [0.3, 0.4) is 0 Å². The molecule has 1 saturated carbocycles. The van der Waals surface area contributed by atoms with Crippen LogP contribution in [0.5, 0.6) is 0 Å². The van der Waals surface area contributed by atoms with Crippen LogP contribution < -0.4 is 5.73 Å². The molecular formula is C16H28ClN3. The van der Waals surface area contributed by atoms with Gasteiger partial charge in [0.15, 0.2) is 0 Å². The summed E-state index contributed by atoms with van der Waals surface area (Å²) in [5.74, 6) is 0.824. The van der Waals surface area contributed by atoms with Crippen molar-refractivity contribution in [2.45, 2.75) is 65.8 Å². The Morgan fingerprint density at radius 1 is 1.45 bits per heavy atom. The molecule has 2 unspecified atom stereocenters. The van der Waals surface area contributed by atoms with Gasteiger partial charge in [-0.1, -0.05) is 37.8 Å². The van der Waals surface area contributed by atoms with Crippen molar-refractivity contribution < 1.29 is 0 Å². The van der Waals surface area contributed by atoms with Crippen LogP contribution in [0.25, 0.3) is 0 Å². The predicted molar refractivity (Wildman–Crippen MR) is 85.1 cm³/mol. The van der Waals surface area contributed by atoms with Crippen molar-refractivity contribution in [1.29, 1.82) is 0 Å². The number of hydrogen-bond acceptors (Lipinski definition) is 2. The zero-order valence-corrected chi connectivity index (χ0v) is 13.8. The summed E-state index contributed by atoms with van der Waals surface area (Å²) in [7, 11) is 0. The maximum absolute atomic E-state index is 6.48. The van der Waals surface area contributed by atoms with Gasteiger partial charge in [-0.05, 0) is 51.0 Å². The first kappa shape index (κ1) is 15.8. The normalized spacial score (nSPS) is 26.9. The maximum atomic E-state index is 6.48. The quantitative estimate of drug-likeness (QED) is 0.894. The molecule has 0 bridgehead atoms. The Balaban J connectivity index is 2.25. The molecular weight excluding hydrogens is 270 g/mol. The molecule has 3 nitrogen and oxygen atoms in total. The zero-order valence-electron chi connectivity index (χ0n) is 13.1. The molecule has 0 aromatic carbocycles. The summed E-state index contributed by atoms with van der Waals surface area (Å²) in [4.78, 5) is 0. The van der Waals surface area contributed by atoms with E-state index >= 15 is 0 Å². The summed E-state index contributed by atoms with van der Waals surface area (Å²) in [5.41, 5.74) is 8.53. The molecule has 1 aliphatic rings. The smallest absolute Gasteiger partial charge is 0.0847 e. The Hall–Kier alpha value is -0.540. The average molecular weight is 298 g/mol. The molecule has 1 aromatic rings. The molecule has 114 valence electrons. The average Bonchev–Trinajstić information content (AvgIpc) is 2.75. The Bertz CT molecular complexity index is 455. The van der Waals surface area contributed by atoms with Crippen LogP contribution in [0.4, 0.5) is 0 Å². The lowest BCUT2D eigenvalue weighted by Gasteiger charge is -2.40. The second-order valence-corrected chi connectivity index (χ2v) is 6.79. The van der Waals surface area contributed by atoms with Crippen molar-refractivity contribution in [3.63, 3.8) is 0 Å². The van der Waals surface area contributed by atoms with Gasteiger partial charge in [0.05, 0.1) is 16.4 Å². The molecule has 2 atom stereocenters. The standard InChI is InChI=1S/C16H28ClN3/c1-4-13-7-6-8-16(9-13,11-18)10-14-15(17)12(3)19-20(14)5-2/h13H,4-11,18H2,1-3H3. The van der Waals surface area contributed by atoms with E-state index < -0.39 is 0 Å². The molecule has 2 rings (SSSR count). The van der Waals surface area contributed by atoms with Crippen molar-refractivity contribution in [3.8, 4) is 0 Å². The Morgan fingerprint density at radius 3 is 2.80 bits per heavy atom. The number of nitrogens with two attached hydrogens (primary N) is 1. The van der Waals surface area contributed by atoms with E-state index in [-0.39, 0.29) is 5.41 Å². The third kappa shape index (κ3) is 3.04. The van der Waals surface area contributed by atoms with Gasteiger partial charge >= 0.3 is 0 Å². The van der Waals surface area contributed by atoms with Crippen LogP contribution >= 0.6 is 11.6 Å². The second kappa shape index (κ2) is 6.48. The molecule has 1 aromatic heterocycles. The highest BCUT2D eigenvalue weighted by Gasteiger charge is 2.36. The highest BCUT2D eigenvalue weighted by molar-refractivity contribution is 6.31. The Kier molecular flexibility index (Phi) is 5.14. The number of aromatic nitrogens is 2. The molecule has 0 aliphatic heterocycles. The third-order valence-electron chi connectivity index (χ3n) is 5.05. The molecule has 0 radical (unpaired) electrons. The number of aryl methyl sites for hydroxylation is 2. The van der Waals surface area contributed by atoms with Crippen molar-refractivity contribution in [3.05, 3.63) is 16.4 Å². The van der Waals surface area contributed by atoms with Crippen molar-refractivity contribution in [2.75, 3.05) is 6.54 Å². The van der Waals surface area contributed by atoms with Gasteiger partial charge in [0.25, 0.3) is 0 Å². The minimum Gasteiger partial charge on any atom is -0.330 e. The van der Waals surface area contributed by atoms with Crippen LogP contribution in [-0.4, -0.2) is 16.3 Å². The van der Waals surface area contributed by atoms with Crippen LogP contribution in [0.2, 0.25) is 5.02 Å². The summed E-state index contributed by atoms with van der Waals surface area (Å²) in [6.07, 6.45) is 7.37. The fraction of sp³-hybridized carbons (Fsp3) is 0.812. The van der Waals surface area contributed by atoms with Crippen LogP contribution in [0, 0.1) is 18.3 Å². The molecule has 1 fully saturated rings. The molecule has 1 aliphatic carbocycles. The van der Waals surface area contributed by atoms with Crippen LogP contribution in [0.15, 0.2) is 0 Å². The van der Waals surface area contributed by atoms with Gasteiger partial charge in [-0.2, -0.15) is 5.10 Å². The van der Waals surface area contributed by atoms with Gasteiger partial charge in [-0.25, -0.2) is 0 Å². The van der Waals surface area contributed by atoms with Gasteiger partial charge in [-0.15, -0.1) is 0 Å². The van der Waals surface area contributed by atoms with Crippen LogP contribution in [0.1, 0.15) is 57.3 Å². The minimum absolute atomic E-state index is 0.224. The van der Waals surface area contributed by atoms with Crippen molar-refractivity contribution >= 4 is 11.6 Å². The Labute approximate surface area is 127 Å². The number of halogens is 1. The highest BCUT2D eigenvalue weighted by Crippen LogP contribution is 2.43. The topological polar surface area (TPSA) is 43.8 Å². The Morgan fingerprint density at radius 2 is 2.20 bits per heavy atom. The van der Waals surface area contributed by atoms with Gasteiger partial charge in [0.2, 0.25) is 0 Å². The number of rotatable bonds is 5. The van der Waals surface area contributed by atoms with E-state index in [0.717, 1.165) is 36.1 Å². The molecule has 20 heavy (non-hydrogen) atoms. The van der Waals surface area contributed by atoms with Gasteiger partial charge in [0, 0.05) is 6.54 Å². The van der Waals surface area contributed by atoms with E-state index in [0.29, 0.717) is 0 Å². The van der Waals surface area contributed by atoms with E-state index in [1.54, 1.807) is 0 Å². The summed E-state index contributed by atoms with van der Waals surface area (Å²) in [5, 5.41) is 5.39. The fourth-order valence-corrected chi connectivity index (χ4v) is 3.94. The minimum atomic E-state index is 0.224. The van der Waals surface area contributed by atoms with E-state index in [1.807, 2.05) is 6.92 Å². The van der Waals surface area contributed by atoms with E-state index in [1.165, 1.54) is 37.8 Å². The van der Waals surface area contributed by atoms with Crippen molar-refractivity contribution in [2.24, 2.45) is 17.1 Å². The van der Waals surface area contributed by atoms with Crippen molar-refractivity contribution in [1.82, 2.24) is 9.78 Å². The molecule has 1 heterocycles. The van der Waals surface area contributed by atoms with E-state index in [9.17, 15) is 0 Å². The van der Waals surface area contributed by atoms with Gasteiger partial charge in [0.1, 0.15) is 0 Å². The molecule has 0 amide bonds. The summed E-state index contributed by atoms with van der Waals surface area (Å²) < 4.78 is 2.06. The monoisotopic (exact) mass is 297 g/mol. The lowest BCUT2D eigenvalue weighted by molar-refractivity contribution is 0.139. The predicted octanol–water partition coefficient (Wildman–Crippen LogP) is 3.95.